The number of rotatable bonds is 8. The average molecular weight is 401 g/mol. The minimum atomic E-state index is -0.426. The van der Waals surface area contributed by atoms with E-state index in [1.54, 1.807) is 7.11 Å². The minimum Gasteiger partial charge on any atom is -0.497 e. The van der Waals surface area contributed by atoms with Gasteiger partial charge >= 0.3 is 0 Å². The van der Waals surface area contributed by atoms with Gasteiger partial charge in [0.2, 0.25) is 0 Å². The molecule has 1 saturated carbocycles. The van der Waals surface area contributed by atoms with E-state index in [4.69, 9.17) is 9.47 Å². The average Bonchev–Trinajstić information content (AvgIpc) is 2.74. The van der Waals surface area contributed by atoms with E-state index in [2.05, 4.69) is 41.9 Å². The molecule has 5 heteroatoms. The van der Waals surface area contributed by atoms with Crippen molar-refractivity contribution < 1.29 is 14.6 Å². The number of aliphatic hydroxyl groups is 1. The quantitative estimate of drug-likeness (QED) is 0.679. The molecule has 29 heavy (non-hydrogen) atoms. The Hall–Kier alpha value is -1.56. The van der Waals surface area contributed by atoms with Crippen LogP contribution in [0.3, 0.4) is 0 Å². The van der Waals surface area contributed by atoms with E-state index in [-0.39, 0.29) is 0 Å². The molecule has 1 heterocycles. The molecule has 4 aliphatic rings. The highest BCUT2D eigenvalue weighted by Gasteiger charge is 2.50. The highest BCUT2D eigenvalue weighted by atomic mass is 16.5. The van der Waals surface area contributed by atoms with E-state index in [1.165, 1.54) is 24.1 Å². The summed E-state index contributed by atoms with van der Waals surface area (Å²) in [6.45, 7) is 10.4. The van der Waals surface area contributed by atoms with Gasteiger partial charge in [-0.2, -0.15) is 0 Å². The van der Waals surface area contributed by atoms with Crippen LogP contribution in [0.25, 0.3) is 0 Å². The van der Waals surface area contributed by atoms with Crippen molar-refractivity contribution in [3.05, 3.63) is 35.9 Å². The number of β-amino-alcohol motifs (C(OH)–C–C–N with tert-alkyl or cyclic N) is 1. The lowest BCUT2D eigenvalue weighted by atomic mass is 9.49. The van der Waals surface area contributed by atoms with E-state index in [1.807, 2.05) is 12.1 Å². The summed E-state index contributed by atoms with van der Waals surface area (Å²) in [6, 6.07) is 8.23. The van der Waals surface area contributed by atoms with Crippen LogP contribution in [-0.4, -0.2) is 69.2 Å². The second kappa shape index (κ2) is 8.66. The minimum absolute atomic E-state index is 0.421. The van der Waals surface area contributed by atoms with Gasteiger partial charge in [0.1, 0.15) is 5.75 Å². The Bertz CT molecular complexity index is 725. The number of benzene rings is 1. The molecule has 5 rings (SSSR count). The fourth-order valence-electron chi connectivity index (χ4n) is 5.30. The summed E-state index contributed by atoms with van der Waals surface area (Å²) in [6.07, 6.45) is 4.48. The first kappa shape index (κ1) is 20.7. The molecule has 1 aromatic rings. The van der Waals surface area contributed by atoms with Gasteiger partial charge in [-0.05, 0) is 47.8 Å². The first-order chi connectivity index (χ1) is 14.0. The third kappa shape index (κ3) is 4.47. The van der Waals surface area contributed by atoms with Crippen molar-refractivity contribution >= 4 is 5.69 Å². The fourth-order valence-corrected chi connectivity index (χ4v) is 5.30. The lowest BCUT2D eigenvalue weighted by Gasteiger charge is -2.56. The van der Waals surface area contributed by atoms with Crippen LogP contribution in [0.5, 0.6) is 5.75 Å². The Morgan fingerprint density at radius 3 is 2.69 bits per heavy atom. The van der Waals surface area contributed by atoms with Crippen LogP contribution in [0.2, 0.25) is 0 Å². The lowest BCUT2D eigenvalue weighted by Crippen LogP contribution is -2.49. The molecule has 2 bridgehead atoms. The zero-order valence-corrected chi connectivity index (χ0v) is 18.1. The number of hydrogen-bond acceptors (Lipinski definition) is 5. The Morgan fingerprint density at radius 2 is 2.00 bits per heavy atom. The topological polar surface area (TPSA) is 45.2 Å². The largest absolute Gasteiger partial charge is 0.497 e. The highest BCUT2D eigenvalue weighted by Crippen LogP contribution is 2.59. The van der Waals surface area contributed by atoms with Crippen LogP contribution >= 0.6 is 0 Å². The number of methoxy groups -OCH3 is 1. The Labute approximate surface area is 175 Å². The van der Waals surface area contributed by atoms with Crippen molar-refractivity contribution in [1.82, 2.24) is 4.90 Å². The highest BCUT2D eigenvalue weighted by molar-refractivity contribution is 5.51. The molecule has 2 fully saturated rings. The maximum absolute atomic E-state index is 10.4. The van der Waals surface area contributed by atoms with Crippen molar-refractivity contribution in [1.29, 1.82) is 0 Å². The van der Waals surface area contributed by atoms with Gasteiger partial charge in [0.05, 0.1) is 26.4 Å². The summed E-state index contributed by atoms with van der Waals surface area (Å²) < 4.78 is 11.2. The molecule has 5 nitrogen and oxygen atoms in total. The molecule has 1 aromatic carbocycles. The van der Waals surface area contributed by atoms with Crippen LogP contribution in [0, 0.1) is 17.3 Å². The molecule has 1 N–H and O–H groups in total. The molecule has 3 aliphatic carbocycles. The molecule has 0 aromatic heterocycles. The number of aliphatic hydroxyl groups excluding tert-OH is 1. The molecule has 0 radical (unpaired) electrons. The van der Waals surface area contributed by atoms with E-state index in [0.717, 1.165) is 37.8 Å². The number of piperazine rings is 1. The van der Waals surface area contributed by atoms with E-state index >= 15 is 0 Å². The maximum Gasteiger partial charge on any atom is 0.120 e. The zero-order valence-electron chi connectivity index (χ0n) is 18.1. The Balaban J connectivity index is 1.17. The SMILES string of the molecule is COc1cccc(N2CCN(CC(O)COCC3=CCC4CC3C4(C)C)CC2)c1. The predicted octanol–water partition coefficient (Wildman–Crippen LogP) is 3.19. The van der Waals surface area contributed by atoms with Crippen molar-refractivity contribution in [2.45, 2.75) is 32.8 Å². The van der Waals surface area contributed by atoms with Crippen LogP contribution in [-0.2, 0) is 4.74 Å². The van der Waals surface area contributed by atoms with Gasteiger partial charge in [0.25, 0.3) is 0 Å². The van der Waals surface area contributed by atoms with Crippen LogP contribution < -0.4 is 9.64 Å². The number of fused-ring (bicyclic) bond motifs is 1. The van der Waals surface area contributed by atoms with Crippen LogP contribution in [0.15, 0.2) is 35.9 Å². The fraction of sp³-hybridized carbons (Fsp3) is 0.667. The number of anilines is 1. The number of hydrogen-bond donors (Lipinski definition) is 1. The van der Waals surface area contributed by atoms with Crippen molar-refractivity contribution in [3.8, 4) is 5.75 Å². The predicted molar refractivity (Wildman–Crippen MR) is 117 cm³/mol. The van der Waals surface area contributed by atoms with Crippen LogP contribution in [0.1, 0.15) is 26.7 Å². The second-order valence-corrected chi connectivity index (χ2v) is 9.48. The first-order valence-corrected chi connectivity index (χ1v) is 11.0. The first-order valence-electron chi connectivity index (χ1n) is 11.0. The van der Waals surface area contributed by atoms with Gasteiger partial charge in [-0.1, -0.05) is 26.0 Å². The van der Waals surface area contributed by atoms with E-state index in [0.29, 0.717) is 31.1 Å². The third-order valence-electron chi connectivity index (χ3n) is 7.42. The summed E-state index contributed by atoms with van der Waals surface area (Å²) in [5.41, 5.74) is 3.10. The molecule has 0 amide bonds. The molecule has 0 spiro atoms. The van der Waals surface area contributed by atoms with Gasteiger partial charge in [-0.15, -0.1) is 0 Å². The molecular formula is C24H36N2O3. The summed E-state index contributed by atoms with van der Waals surface area (Å²) in [5, 5.41) is 10.4. The van der Waals surface area contributed by atoms with Gasteiger partial charge in [0.15, 0.2) is 0 Å². The van der Waals surface area contributed by atoms with Crippen LogP contribution in [0.4, 0.5) is 5.69 Å². The zero-order chi connectivity index (χ0) is 20.4. The van der Waals surface area contributed by atoms with Crippen molar-refractivity contribution in [3.63, 3.8) is 0 Å². The third-order valence-corrected chi connectivity index (χ3v) is 7.42. The normalized spacial score (nSPS) is 27.2. The summed E-state index contributed by atoms with van der Waals surface area (Å²) in [5.74, 6) is 2.44. The monoisotopic (exact) mass is 400 g/mol. The molecule has 3 unspecified atom stereocenters. The maximum atomic E-state index is 10.4. The van der Waals surface area contributed by atoms with Crippen molar-refractivity contribution in [2.75, 3.05) is 57.9 Å². The summed E-state index contributed by atoms with van der Waals surface area (Å²) in [7, 11) is 1.70. The Kier molecular flexibility index (Phi) is 6.19. The summed E-state index contributed by atoms with van der Waals surface area (Å²) >= 11 is 0. The summed E-state index contributed by atoms with van der Waals surface area (Å²) in [4.78, 5) is 4.72. The number of ether oxygens (including phenoxy) is 2. The van der Waals surface area contributed by atoms with E-state index < -0.39 is 6.10 Å². The number of allylic oxidation sites excluding steroid dienone is 1. The lowest BCUT2D eigenvalue weighted by molar-refractivity contribution is -0.0262. The van der Waals surface area contributed by atoms with Gasteiger partial charge in [-0.3, -0.25) is 4.90 Å². The molecular weight excluding hydrogens is 364 g/mol. The van der Waals surface area contributed by atoms with Gasteiger partial charge < -0.3 is 19.5 Å². The molecule has 1 aliphatic heterocycles. The van der Waals surface area contributed by atoms with E-state index in [9.17, 15) is 5.11 Å². The smallest absolute Gasteiger partial charge is 0.120 e. The standard InChI is InChI=1S/C24H36N2O3/c1-24(2)19-8-7-18(23(24)13-19)16-29-17-21(27)15-25-9-11-26(12-10-25)20-5-4-6-22(14-20)28-3/h4-7,14,19,21,23,27H,8-13,15-17H2,1-3H3. The number of nitrogens with zero attached hydrogens (tertiary/aromatic N) is 2. The van der Waals surface area contributed by atoms with Crippen molar-refractivity contribution in [2.24, 2.45) is 17.3 Å². The second-order valence-electron chi connectivity index (χ2n) is 9.48. The van der Waals surface area contributed by atoms with Gasteiger partial charge in [0, 0.05) is 44.5 Å². The van der Waals surface area contributed by atoms with Gasteiger partial charge in [-0.25, -0.2) is 0 Å². The Morgan fingerprint density at radius 1 is 1.21 bits per heavy atom. The molecule has 160 valence electrons. The molecule has 1 saturated heterocycles. The molecule has 3 atom stereocenters.